The molecular weight excluding hydrogens is 613 g/mol. The van der Waals surface area contributed by atoms with Gasteiger partial charge < -0.3 is 0 Å². The highest BCUT2D eigenvalue weighted by Gasteiger charge is 2.57. The van der Waals surface area contributed by atoms with Gasteiger partial charge in [0.05, 0.1) is 0 Å². The van der Waals surface area contributed by atoms with E-state index in [4.69, 9.17) is 0 Å². The maximum Gasteiger partial charge on any atom is 0.0278 e. The van der Waals surface area contributed by atoms with Crippen LogP contribution in [-0.2, 0) is 21.7 Å². The molecule has 258 valence electrons. The van der Waals surface area contributed by atoms with Crippen LogP contribution in [-0.4, -0.2) is 0 Å². The van der Waals surface area contributed by atoms with Gasteiger partial charge >= 0.3 is 0 Å². The van der Waals surface area contributed by atoms with Gasteiger partial charge in [-0.25, -0.2) is 0 Å². The van der Waals surface area contributed by atoms with Crippen LogP contribution in [0.3, 0.4) is 0 Å². The lowest BCUT2D eigenvalue weighted by molar-refractivity contribution is 0.590. The third-order valence-electron chi connectivity index (χ3n) is 11.3. The third-order valence-corrected chi connectivity index (χ3v) is 11.3. The van der Waals surface area contributed by atoms with E-state index < -0.39 is 0 Å². The first-order valence-corrected chi connectivity index (χ1v) is 18.8. The highest BCUT2D eigenvalue weighted by molar-refractivity contribution is 5.69. The molecule has 0 aromatic heterocycles. The number of hydrogen-bond acceptors (Lipinski definition) is 0. The Morgan fingerprint density at radius 3 is 0.824 bits per heavy atom. The van der Waals surface area contributed by atoms with Crippen LogP contribution in [0.1, 0.15) is 108 Å². The molecule has 0 heterocycles. The van der Waals surface area contributed by atoms with E-state index >= 15 is 0 Å². The smallest absolute Gasteiger partial charge is 0.0278 e. The van der Waals surface area contributed by atoms with Gasteiger partial charge in [0.1, 0.15) is 0 Å². The van der Waals surface area contributed by atoms with Crippen molar-refractivity contribution in [3.8, 4) is 33.4 Å². The summed E-state index contributed by atoms with van der Waals surface area (Å²) in [7, 11) is 0. The average molecular weight is 667 g/mol. The van der Waals surface area contributed by atoms with Gasteiger partial charge in [-0.1, -0.05) is 208 Å². The first-order valence-electron chi connectivity index (χ1n) is 18.8. The van der Waals surface area contributed by atoms with Crippen molar-refractivity contribution in [1.82, 2.24) is 0 Å². The van der Waals surface area contributed by atoms with Crippen molar-refractivity contribution >= 4 is 0 Å². The number of rotatable bonds is 6. The van der Waals surface area contributed by atoms with Crippen LogP contribution in [0.5, 0.6) is 0 Å². The Balaban J connectivity index is 1.21. The van der Waals surface area contributed by atoms with Gasteiger partial charge in [0.15, 0.2) is 0 Å². The molecule has 0 nitrogen and oxygen atoms in total. The lowest BCUT2D eigenvalue weighted by Crippen LogP contribution is -2.12. The molecule has 0 saturated heterocycles. The Labute approximate surface area is 307 Å². The first kappa shape index (κ1) is 34.8. The topological polar surface area (TPSA) is 0 Å². The van der Waals surface area contributed by atoms with E-state index in [0.29, 0.717) is 5.92 Å². The minimum absolute atomic E-state index is 0.0564. The zero-order chi connectivity index (χ0) is 36.2. The molecule has 0 radical (unpaired) electrons. The normalized spacial score (nSPS) is 15.8. The maximum absolute atomic E-state index is 2.39. The minimum atomic E-state index is -0.0564. The van der Waals surface area contributed by atoms with Crippen LogP contribution in [0.15, 0.2) is 146 Å². The molecule has 1 fully saturated rings. The predicted molar refractivity (Wildman–Crippen MR) is 220 cm³/mol. The van der Waals surface area contributed by atoms with Crippen molar-refractivity contribution in [2.45, 2.75) is 96.3 Å². The summed E-state index contributed by atoms with van der Waals surface area (Å²) >= 11 is 0. The van der Waals surface area contributed by atoms with E-state index in [-0.39, 0.29) is 21.7 Å². The second-order valence-electron chi connectivity index (χ2n) is 18.0. The molecule has 0 spiro atoms. The van der Waals surface area contributed by atoms with Gasteiger partial charge in [0, 0.05) is 5.41 Å². The maximum atomic E-state index is 2.39. The lowest BCUT2D eigenvalue weighted by Gasteiger charge is -2.22. The summed E-state index contributed by atoms with van der Waals surface area (Å²) in [6, 6.07) is 55.5. The number of hydrogen-bond donors (Lipinski definition) is 0. The summed E-state index contributed by atoms with van der Waals surface area (Å²) in [4.78, 5) is 0. The molecule has 1 atom stereocenters. The first-order chi connectivity index (χ1) is 24.1. The van der Waals surface area contributed by atoms with E-state index in [1.807, 2.05) is 0 Å². The molecule has 0 amide bonds. The van der Waals surface area contributed by atoms with Crippen molar-refractivity contribution in [3.63, 3.8) is 0 Å². The molecule has 6 aromatic rings. The zero-order valence-electron chi connectivity index (χ0n) is 32.1. The van der Waals surface area contributed by atoms with Crippen LogP contribution >= 0.6 is 0 Å². The molecule has 0 unspecified atom stereocenters. The lowest BCUT2D eigenvalue weighted by atomic mass is 9.82. The summed E-state index contributed by atoms with van der Waals surface area (Å²) < 4.78 is 0. The Bertz CT molecular complexity index is 1980. The largest absolute Gasteiger partial charge is 0.0581 e. The van der Waals surface area contributed by atoms with Crippen LogP contribution in [0.4, 0.5) is 0 Å². The summed E-state index contributed by atoms with van der Waals surface area (Å²) in [6.07, 6.45) is 1.10. The van der Waals surface area contributed by atoms with Gasteiger partial charge in [0.25, 0.3) is 0 Å². The Hall–Kier alpha value is -4.68. The monoisotopic (exact) mass is 666 g/mol. The fraction of sp³-hybridized carbons (Fsp3) is 0.294. The van der Waals surface area contributed by atoms with Gasteiger partial charge in [-0.3, -0.25) is 0 Å². The molecule has 51 heavy (non-hydrogen) atoms. The van der Waals surface area contributed by atoms with Crippen molar-refractivity contribution in [2.75, 3.05) is 0 Å². The van der Waals surface area contributed by atoms with Gasteiger partial charge in [-0.15, -0.1) is 0 Å². The fourth-order valence-electron chi connectivity index (χ4n) is 7.79. The van der Waals surface area contributed by atoms with Crippen LogP contribution in [0.2, 0.25) is 0 Å². The van der Waals surface area contributed by atoms with Crippen molar-refractivity contribution in [3.05, 3.63) is 179 Å². The second-order valence-corrected chi connectivity index (χ2v) is 18.0. The highest BCUT2D eigenvalue weighted by Crippen LogP contribution is 2.64. The Morgan fingerprint density at radius 2 is 0.569 bits per heavy atom. The summed E-state index contributed by atoms with van der Waals surface area (Å²) in [5.41, 5.74) is 16.3. The quantitative estimate of drug-likeness (QED) is 0.166. The predicted octanol–water partition coefficient (Wildman–Crippen LogP) is 14.1. The molecule has 1 saturated carbocycles. The van der Waals surface area contributed by atoms with Crippen LogP contribution < -0.4 is 0 Å². The average Bonchev–Trinajstić information content (AvgIpc) is 3.88. The fourth-order valence-corrected chi connectivity index (χ4v) is 7.79. The molecule has 0 N–H and O–H groups in total. The van der Waals surface area contributed by atoms with Gasteiger partial charge in [0.2, 0.25) is 0 Å². The summed E-state index contributed by atoms with van der Waals surface area (Å²) in [5, 5.41) is 0. The molecule has 0 aliphatic heterocycles. The third kappa shape index (κ3) is 6.99. The van der Waals surface area contributed by atoms with Crippen LogP contribution in [0, 0.1) is 0 Å². The van der Waals surface area contributed by atoms with E-state index in [0.717, 1.165) is 6.42 Å². The van der Waals surface area contributed by atoms with Crippen molar-refractivity contribution < 1.29 is 0 Å². The SMILES string of the molecule is CC(C)(C)c1ccc(-c2ccc([C@H]3CC3(c3ccc(-c4ccc(C(C)(C)C)cc4)cc3)c3ccc(-c4ccc(C(C)(C)C)cc4)cc3)cc2)cc1. The van der Waals surface area contributed by atoms with E-state index in [9.17, 15) is 0 Å². The zero-order valence-corrected chi connectivity index (χ0v) is 32.1. The molecule has 0 bridgehead atoms. The molecular formula is C51H54. The highest BCUT2D eigenvalue weighted by atomic mass is 14.6. The van der Waals surface area contributed by atoms with Gasteiger partial charge in [-0.05, 0) is 95.3 Å². The molecule has 1 aliphatic rings. The molecule has 7 rings (SSSR count). The summed E-state index contributed by atoms with van der Waals surface area (Å²) in [6.45, 7) is 20.5. The van der Waals surface area contributed by atoms with E-state index in [1.54, 1.807) is 0 Å². The van der Waals surface area contributed by atoms with E-state index in [1.165, 1.54) is 66.8 Å². The second kappa shape index (κ2) is 12.8. The van der Waals surface area contributed by atoms with Gasteiger partial charge in [-0.2, -0.15) is 0 Å². The molecule has 0 heteroatoms. The molecule has 1 aliphatic carbocycles. The minimum Gasteiger partial charge on any atom is -0.0581 e. The summed E-state index contributed by atoms with van der Waals surface area (Å²) in [5.74, 6) is 0.420. The van der Waals surface area contributed by atoms with Crippen molar-refractivity contribution in [1.29, 1.82) is 0 Å². The molecule has 6 aromatic carbocycles. The standard InChI is InChI=1S/C51H54/c1-48(2,3)42-24-14-36(15-25-42)35-10-12-41(13-11-35)47-34-51(47,45-30-20-39(21-31-45)37-16-26-43(27-17-37)49(4,5)6)46-32-22-40(23-33-46)38-18-28-44(29-19-38)50(7,8)9/h10-33,47H,34H2,1-9H3/t47-/m1/s1. The Morgan fingerprint density at radius 1 is 0.333 bits per heavy atom. The van der Waals surface area contributed by atoms with Crippen LogP contribution in [0.25, 0.3) is 33.4 Å². The van der Waals surface area contributed by atoms with E-state index in [2.05, 4.69) is 208 Å². The van der Waals surface area contributed by atoms with Crippen molar-refractivity contribution in [2.24, 2.45) is 0 Å². The Kier molecular flexibility index (Phi) is 8.74. The number of benzene rings is 6.